The van der Waals surface area contributed by atoms with Crippen LogP contribution in [0.4, 0.5) is 27.8 Å². The van der Waals surface area contributed by atoms with Gasteiger partial charge in [-0.1, -0.05) is 5.16 Å². The predicted octanol–water partition coefficient (Wildman–Crippen LogP) is 4.55. The van der Waals surface area contributed by atoms with Crippen LogP contribution >= 0.6 is 0 Å². The van der Waals surface area contributed by atoms with Gasteiger partial charge in [-0.25, -0.2) is 13.8 Å². The van der Waals surface area contributed by atoms with E-state index in [4.69, 9.17) is 9.26 Å². The van der Waals surface area contributed by atoms with Gasteiger partial charge >= 0.3 is 6.18 Å². The van der Waals surface area contributed by atoms with Crippen LogP contribution < -0.4 is 10.1 Å². The van der Waals surface area contributed by atoms with Gasteiger partial charge in [0.05, 0.1) is 11.1 Å². The van der Waals surface area contributed by atoms with Crippen molar-refractivity contribution in [1.29, 1.82) is 0 Å². The molecule has 2 aromatic heterocycles. The average Bonchev–Trinajstić information content (AvgIpc) is 3.21. The minimum Gasteiger partial charge on any atom is -0.484 e. The monoisotopic (exact) mass is 414 g/mol. The first-order valence-electron chi connectivity index (χ1n) is 8.34. The molecule has 0 atom stereocenters. The Morgan fingerprint density at radius 2 is 1.93 bits per heavy atom. The molecule has 154 valence electrons. The maximum atomic E-state index is 13.4. The Hall–Kier alpha value is -3.24. The third-order valence-electron chi connectivity index (χ3n) is 3.88. The number of hydrogen-bond acceptors (Lipinski definition) is 6. The maximum Gasteiger partial charge on any atom is 0.419 e. The third kappa shape index (κ3) is 4.44. The summed E-state index contributed by atoms with van der Waals surface area (Å²) in [6, 6.07) is 6.23. The van der Waals surface area contributed by atoms with Crippen LogP contribution in [0.3, 0.4) is 0 Å². The van der Waals surface area contributed by atoms with Crippen molar-refractivity contribution in [3.05, 3.63) is 42.1 Å². The minimum atomic E-state index is -4.83. The number of aromatic nitrogens is 3. The largest absolute Gasteiger partial charge is 0.484 e. The Bertz CT molecular complexity index is 973. The summed E-state index contributed by atoms with van der Waals surface area (Å²) in [7, 11) is 1.64. The summed E-state index contributed by atoms with van der Waals surface area (Å²) in [4.78, 5) is 8.22. The molecule has 0 amide bonds. The Balaban J connectivity index is 1.99. The van der Waals surface area contributed by atoms with Crippen molar-refractivity contribution >= 4 is 5.82 Å². The van der Waals surface area contributed by atoms with Crippen LogP contribution in [-0.4, -0.2) is 41.6 Å². The number of halogens is 5. The molecule has 0 aliphatic heterocycles. The molecule has 11 heteroatoms. The van der Waals surface area contributed by atoms with Crippen molar-refractivity contribution in [2.75, 3.05) is 25.7 Å². The van der Waals surface area contributed by atoms with Gasteiger partial charge in [-0.2, -0.15) is 18.2 Å². The molecular formula is C18H15F5N4O2. The fourth-order valence-corrected chi connectivity index (χ4v) is 2.51. The van der Waals surface area contributed by atoms with E-state index >= 15 is 0 Å². The van der Waals surface area contributed by atoms with Crippen LogP contribution in [0.1, 0.15) is 5.56 Å². The number of nitrogens with one attached hydrogen (secondary N) is 1. The molecule has 29 heavy (non-hydrogen) atoms. The molecule has 0 aliphatic rings. The van der Waals surface area contributed by atoms with Crippen molar-refractivity contribution in [1.82, 2.24) is 15.1 Å². The Kier molecular flexibility index (Phi) is 5.95. The lowest BCUT2D eigenvalue weighted by atomic mass is 10.1. The number of alkyl halides is 5. The second-order valence-corrected chi connectivity index (χ2v) is 5.83. The van der Waals surface area contributed by atoms with Crippen molar-refractivity contribution in [3.63, 3.8) is 0 Å². The highest BCUT2D eigenvalue weighted by Gasteiger charge is 2.36. The number of hydrogen-bond donors (Lipinski definition) is 1. The molecule has 0 saturated heterocycles. The highest BCUT2D eigenvalue weighted by atomic mass is 19.4. The van der Waals surface area contributed by atoms with E-state index < -0.39 is 36.9 Å². The second kappa shape index (κ2) is 8.41. The predicted molar refractivity (Wildman–Crippen MR) is 93.9 cm³/mol. The zero-order valence-corrected chi connectivity index (χ0v) is 15.0. The van der Waals surface area contributed by atoms with Crippen molar-refractivity contribution in [2.24, 2.45) is 0 Å². The Labute approximate surface area is 161 Å². The number of anilines is 1. The lowest BCUT2D eigenvalue weighted by Gasteiger charge is -2.18. The van der Waals surface area contributed by atoms with Crippen LogP contribution in [0.5, 0.6) is 5.75 Å². The first kappa shape index (κ1) is 20.5. The van der Waals surface area contributed by atoms with Crippen LogP contribution in [-0.2, 0) is 6.18 Å². The molecule has 0 bridgehead atoms. The van der Waals surface area contributed by atoms with E-state index in [1.165, 1.54) is 6.07 Å². The highest BCUT2D eigenvalue weighted by molar-refractivity contribution is 5.70. The summed E-state index contributed by atoms with van der Waals surface area (Å²) in [5, 5.41) is 6.63. The standard InChI is InChI=1S/C18H15F5N4O2/c1-24-15-12(3-2-6-25-15)16-26-17(29-27-16)10-4-5-14(28-11(8-19)9-20)13(7-10)18(21,22)23/h2-7,11H,8-9H2,1H3,(H,24,25). The zero-order chi connectivity index (χ0) is 21.0. The second-order valence-electron chi connectivity index (χ2n) is 5.83. The summed E-state index contributed by atoms with van der Waals surface area (Å²) < 4.78 is 75.5. The van der Waals surface area contributed by atoms with Crippen LogP contribution in [0.2, 0.25) is 0 Å². The molecule has 1 N–H and O–H groups in total. The van der Waals surface area contributed by atoms with Gasteiger partial charge in [0.1, 0.15) is 24.9 Å². The van der Waals surface area contributed by atoms with Crippen molar-refractivity contribution in [3.8, 4) is 28.6 Å². The summed E-state index contributed by atoms with van der Waals surface area (Å²) in [6.07, 6.45) is -4.90. The van der Waals surface area contributed by atoms with Crippen LogP contribution in [0.15, 0.2) is 41.1 Å². The van der Waals surface area contributed by atoms with E-state index in [-0.39, 0.29) is 17.3 Å². The van der Waals surface area contributed by atoms with E-state index in [0.717, 1.165) is 12.1 Å². The zero-order valence-electron chi connectivity index (χ0n) is 15.0. The molecule has 6 nitrogen and oxygen atoms in total. The molecule has 3 aromatic rings. The van der Waals surface area contributed by atoms with Gasteiger partial charge in [0.25, 0.3) is 5.89 Å². The van der Waals surface area contributed by atoms with E-state index in [0.29, 0.717) is 11.4 Å². The molecule has 0 spiro atoms. The summed E-state index contributed by atoms with van der Waals surface area (Å²) >= 11 is 0. The maximum absolute atomic E-state index is 13.4. The number of ether oxygens (including phenoxy) is 1. The molecule has 0 radical (unpaired) electrons. The summed E-state index contributed by atoms with van der Waals surface area (Å²) in [5.41, 5.74) is -0.746. The van der Waals surface area contributed by atoms with Gasteiger partial charge in [-0.05, 0) is 30.3 Å². The average molecular weight is 414 g/mol. The van der Waals surface area contributed by atoms with Crippen molar-refractivity contribution in [2.45, 2.75) is 12.3 Å². The van der Waals surface area contributed by atoms with Gasteiger partial charge in [0.2, 0.25) is 5.82 Å². The highest BCUT2D eigenvalue weighted by Crippen LogP contribution is 2.39. The van der Waals surface area contributed by atoms with Crippen molar-refractivity contribution < 1.29 is 31.2 Å². The topological polar surface area (TPSA) is 73.1 Å². The molecular weight excluding hydrogens is 399 g/mol. The molecule has 0 fully saturated rings. The first-order chi connectivity index (χ1) is 13.9. The van der Waals surface area contributed by atoms with Gasteiger partial charge in [0.15, 0.2) is 6.10 Å². The van der Waals surface area contributed by atoms with E-state index in [2.05, 4.69) is 20.4 Å². The molecule has 2 heterocycles. The molecule has 0 unspecified atom stereocenters. The first-order valence-corrected chi connectivity index (χ1v) is 8.34. The number of pyridine rings is 1. The molecule has 1 aromatic carbocycles. The molecule has 0 saturated carbocycles. The normalized spacial score (nSPS) is 11.7. The minimum absolute atomic E-state index is 0.0321. The SMILES string of the molecule is CNc1ncccc1-c1noc(-c2ccc(OC(CF)CF)c(C(F)(F)F)c2)n1. The summed E-state index contributed by atoms with van der Waals surface area (Å²) in [5.74, 6) is -0.272. The number of benzene rings is 1. The smallest absolute Gasteiger partial charge is 0.419 e. The molecule has 3 rings (SSSR count). The number of rotatable bonds is 7. The fraction of sp³-hybridized carbons (Fsp3) is 0.278. The molecule has 0 aliphatic carbocycles. The third-order valence-corrected chi connectivity index (χ3v) is 3.88. The van der Waals surface area contributed by atoms with Gasteiger partial charge in [-0.3, -0.25) is 0 Å². The van der Waals surface area contributed by atoms with Gasteiger partial charge < -0.3 is 14.6 Å². The fourth-order valence-electron chi connectivity index (χ4n) is 2.51. The number of nitrogens with zero attached hydrogens (tertiary/aromatic N) is 3. The lowest BCUT2D eigenvalue weighted by Crippen LogP contribution is -2.23. The van der Waals surface area contributed by atoms with E-state index in [1.54, 1.807) is 25.4 Å². The Morgan fingerprint density at radius 3 is 2.59 bits per heavy atom. The van der Waals surface area contributed by atoms with E-state index in [9.17, 15) is 22.0 Å². The van der Waals surface area contributed by atoms with Crippen LogP contribution in [0, 0.1) is 0 Å². The van der Waals surface area contributed by atoms with Gasteiger partial charge in [0, 0.05) is 18.8 Å². The van der Waals surface area contributed by atoms with Crippen LogP contribution in [0.25, 0.3) is 22.8 Å². The van der Waals surface area contributed by atoms with Gasteiger partial charge in [-0.15, -0.1) is 0 Å². The van der Waals surface area contributed by atoms with E-state index in [1.807, 2.05) is 0 Å². The Morgan fingerprint density at radius 1 is 1.17 bits per heavy atom. The quantitative estimate of drug-likeness (QED) is 0.572. The summed E-state index contributed by atoms with van der Waals surface area (Å²) in [6.45, 7) is -2.52. The lowest BCUT2D eigenvalue weighted by molar-refractivity contribution is -0.139.